The molecule has 1 aromatic carbocycles. The molecule has 2 heterocycles. The van der Waals surface area contributed by atoms with Crippen molar-refractivity contribution in [3.63, 3.8) is 0 Å². The van der Waals surface area contributed by atoms with E-state index in [0.29, 0.717) is 17.1 Å². The first-order valence-electron chi connectivity index (χ1n) is 7.54. The van der Waals surface area contributed by atoms with Crippen LogP contribution in [0.4, 0.5) is 0 Å². The zero-order chi connectivity index (χ0) is 15.4. The molecule has 3 rings (SSSR count). The Kier molecular flexibility index (Phi) is 5.13. The van der Waals surface area contributed by atoms with Gasteiger partial charge in [0.05, 0.1) is 16.6 Å². The molecule has 116 valence electrons. The van der Waals surface area contributed by atoms with Crippen LogP contribution in [0.2, 0.25) is 5.02 Å². The average Bonchev–Trinajstić information content (AvgIpc) is 3.21. The van der Waals surface area contributed by atoms with Gasteiger partial charge < -0.3 is 5.32 Å². The van der Waals surface area contributed by atoms with Crippen molar-refractivity contribution in [2.45, 2.75) is 18.9 Å². The van der Waals surface area contributed by atoms with Crippen LogP contribution in [-0.4, -0.2) is 30.4 Å². The number of carbonyl (C=O) groups excluding carboxylic acids is 1. The normalized spacial score (nSPS) is 16.6. The van der Waals surface area contributed by atoms with E-state index in [2.05, 4.69) is 27.0 Å². The molecule has 0 spiro atoms. The van der Waals surface area contributed by atoms with Crippen LogP contribution < -0.4 is 5.32 Å². The number of nitrogens with zero attached hydrogens (tertiary/aromatic N) is 1. The van der Waals surface area contributed by atoms with Gasteiger partial charge >= 0.3 is 0 Å². The summed E-state index contributed by atoms with van der Waals surface area (Å²) in [6.07, 6.45) is 2.47. The standard InChI is InChI=1S/C17H19ClN2OS/c18-15-6-2-1-5-14(15)17(21)19-11-16(13-7-10-22-12-13)20-8-3-4-9-20/h1-2,5-7,10,12,16H,3-4,8-9,11H2,(H,19,21)/t16-/m1/s1. The van der Waals surface area contributed by atoms with Crippen LogP contribution in [0.5, 0.6) is 0 Å². The highest BCUT2D eigenvalue weighted by Crippen LogP contribution is 2.26. The molecule has 0 radical (unpaired) electrons. The van der Waals surface area contributed by atoms with Crippen molar-refractivity contribution in [3.05, 3.63) is 57.2 Å². The lowest BCUT2D eigenvalue weighted by Gasteiger charge is -2.27. The Labute approximate surface area is 139 Å². The van der Waals surface area contributed by atoms with E-state index < -0.39 is 0 Å². The first-order chi connectivity index (χ1) is 10.8. The smallest absolute Gasteiger partial charge is 0.252 e. The highest BCUT2D eigenvalue weighted by molar-refractivity contribution is 7.07. The Hall–Kier alpha value is -1.36. The number of hydrogen-bond donors (Lipinski definition) is 1. The van der Waals surface area contributed by atoms with Crippen molar-refractivity contribution in [3.8, 4) is 0 Å². The summed E-state index contributed by atoms with van der Waals surface area (Å²) in [6, 6.07) is 9.56. The Morgan fingerprint density at radius 1 is 1.27 bits per heavy atom. The molecule has 1 aromatic heterocycles. The Bertz CT molecular complexity index is 623. The lowest BCUT2D eigenvalue weighted by Crippen LogP contribution is -2.36. The molecule has 0 saturated carbocycles. The fourth-order valence-electron chi connectivity index (χ4n) is 2.91. The number of halogens is 1. The molecule has 0 bridgehead atoms. The van der Waals surface area contributed by atoms with E-state index in [-0.39, 0.29) is 11.9 Å². The lowest BCUT2D eigenvalue weighted by molar-refractivity contribution is 0.0938. The number of carbonyl (C=O) groups is 1. The number of thiophene rings is 1. The summed E-state index contributed by atoms with van der Waals surface area (Å²) in [6.45, 7) is 2.81. The van der Waals surface area contributed by atoms with Gasteiger partial charge in [0.25, 0.3) is 5.91 Å². The highest BCUT2D eigenvalue weighted by Gasteiger charge is 2.24. The van der Waals surface area contributed by atoms with E-state index in [1.54, 1.807) is 23.5 Å². The Morgan fingerprint density at radius 3 is 2.73 bits per heavy atom. The van der Waals surface area contributed by atoms with Crippen LogP contribution in [0.15, 0.2) is 41.1 Å². The van der Waals surface area contributed by atoms with E-state index >= 15 is 0 Å². The van der Waals surface area contributed by atoms with Gasteiger partial charge in [-0.3, -0.25) is 9.69 Å². The van der Waals surface area contributed by atoms with Crippen LogP contribution in [-0.2, 0) is 0 Å². The summed E-state index contributed by atoms with van der Waals surface area (Å²) in [7, 11) is 0. The van der Waals surface area contributed by atoms with E-state index in [9.17, 15) is 4.79 Å². The lowest BCUT2D eigenvalue weighted by atomic mass is 10.1. The zero-order valence-electron chi connectivity index (χ0n) is 12.3. The topological polar surface area (TPSA) is 32.3 Å². The van der Waals surface area contributed by atoms with Crippen molar-refractivity contribution in [2.24, 2.45) is 0 Å². The van der Waals surface area contributed by atoms with Gasteiger partial charge in [-0.2, -0.15) is 11.3 Å². The van der Waals surface area contributed by atoms with E-state index in [1.807, 2.05) is 12.1 Å². The molecule has 1 saturated heterocycles. The molecule has 3 nitrogen and oxygen atoms in total. The van der Waals surface area contributed by atoms with Gasteiger partial charge in [0.2, 0.25) is 0 Å². The van der Waals surface area contributed by atoms with Crippen molar-refractivity contribution in [1.82, 2.24) is 10.2 Å². The third-order valence-electron chi connectivity index (χ3n) is 4.08. The number of rotatable bonds is 5. The van der Waals surface area contributed by atoms with Gasteiger partial charge in [-0.1, -0.05) is 23.7 Å². The molecule has 1 fully saturated rings. The Balaban J connectivity index is 1.69. The van der Waals surface area contributed by atoms with Crippen molar-refractivity contribution in [2.75, 3.05) is 19.6 Å². The van der Waals surface area contributed by atoms with Crippen LogP contribution >= 0.6 is 22.9 Å². The predicted octanol–water partition coefficient (Wildman–Crippen LogP) is 3.97. The Morgan fingerprint density at radius 2 is 2.05 bits per heavy atom. The van der Waals surface area contributed by atoms with E-state index in [0.717, 1.165) is 13.1 Å². The van der Waals surface area contributed by atoms with Gasteiger partial charge in [0.15, 0.2) is 0 Å². The second kappa shape index (κ2) is 7.27. The number of likely N-dealkylation sites (tertiary alicyclic amines) is 1. The number of benzene rings is 1. The molecule has 0 aliphatic carbocycles. The van der Waals surface area contributed by atoms with Crippen LogP contribution in [0.25, 0.3) is 0 Å². The molecular weight excluding hydrogens is 316 g/mol. The molecule has 1 aliphatic heterocycles. The third-order valence-corrected chi connectivity index (χ3v) is 5.11. The van der Waals surface area contributed by atoms with E-state index in [1.165, 1.54) is 18.4 Å². The molecule has 22 heavy (non-hydrogen) atoms. The monoisotopic (exact) mass is 334 g/mol. The molecule has 5 heteroatoms. The summed E-state index contributed by atoms with van der Waals surface area (Å²) in [4.78, 5) is 14.8. The fourth-order valence-corrected chi connectivity index (χ4v) is 3.83. The van der Waals surface area contributed by atoms with Crippen LogP contribution in [0.3, 0.4) is 0 Å². The SMILES string of the molecule is O=C(NC[C@H](c1ccsc1)N1CCCC1)c1ccccc1Cl. The van der Waals surface area contributed by atoms with Gasteiger partial charge in [0.1, 0.15) is 0 Å². The summed E-state index contributed by atoms with van der Waals surface area (Å²) >= 11 is 7.79. The van der Waals surface area contributed by atoms with Crippen LogP contribution in [0, 0.1) is 0 Å². The zero-order valence-corrected chi connectivity index (χ0v) is 13.9. The van der Waals surface area contributed by atoms with Crippen molar-refractivity contribution < 1.29 is 4.79 Å². The van der Waals surface area contributed by atoms with E-state index in [4.69, 9.17) is 11.6 Å². The molecular formula is C17H19ClN2OS. The molecule has 1 aliphatic rings. The second-order valence-electron chi connectivity index (χ2n) is 5.51. The van der Waals surface area contributed by atoms with Crippen molar-refractivity contribution >= 4 is 28.8 Å². The third kappa shape index (κ3) is 3.51. The summed E-state index contributed by atoms with van der Waals surface area (Å²) in [5, 5.41) is 7.80. The predicted molar refractivity (Wildman–Crippen MR) is 91.7 cm³/mol. The summed E-state index contributed by atoms with van der Waals surface area (Å²) in [5.74, 6) is -0.106. The number of nitrogens with one attached hydrogen (secondary N) is 1. The molecule has 2 aromatic rings. The first kappa shape index (κ1) is 15.5. The molecule has 1 amide bonds. The highest BCUT2D eigenvalue weighted by atomic mass is 35.5. The maximum atomic E-state index is 12.3. The van der Waals surface area contributed by atoms with Crippen molar-refractivity contribution in [1.29, 1.82) is 0 Å². The minimum atomic E-state index is -0.106. The number of hydrogen-bond acceptors (Lipinski definition) is 3. The quantitative estimate of drug-likeness (QED) is 0.897. The fraction of sp³-hybridized carbons (Fsp3) is 0.353. The van der Waals surface area contributed by atoms with Crippen LogP contribution in [0.1, 0.15) is 34.8 Å². The molecule has 0 unspecified atom stereocenters. The van der Waals surface area contributed by atoms with Gasteiger partial charge in [0, 0.05) is 6.54 Å². The summed E-state index contributed by atoms with van der Waals surface area (Å²) < 4.78 is 0. The molecule has 1 N–H and O–H groups in total. The van der Waals surface area contributed by atoms with Gasteiger partial charge in [-0.05, 0) is 60.5 Å². The number of amides is 1. The summed E-state index contributed by atoms with van der Waals surface area (Å²) in [5.41, 5.74) is 1.82. The average molecular weight is 335 g/mol. The van der Waals surface area contributed by atoms with Gasteiger partial charge in [-0.25, -0.2) is 0 Å². The first-order valence-corrected chi connectivity index (χ1v) is 8.86. The second-order valence-corrected chi connectivity index (χ2v) is 6.69. The minimum Gasteiger partial charge on any atom is -0.350 e. The van der Waals surface area contributed by atoms with Gasteiger partial charge in [-0.15, -0.1) is 0 Å². The molecule has 1 atom stereocenters. The largest absolute Gasteiger partial charge is 0.350 e. The minimum absolute atomic E-state index is 0.106. The maximum Gasteiger partial charge on any atom is 0.252 e. The maximum absolute atomic E-state index is 12.3.